The Hall–Kier alpha value is -8.17. The van der Waals surface area contributed by atoms with Gasteiger partial charge in [-0.2, -0.15) is 13.2 Å². The number of fused-ring (bicyclic) bond motifs is 5. The number of likely N-dealkylation sites (N-methyl/N-ethyl adjacent to an activating group) is 1. The first-order valence-corrected chi connectivity index (χ1v) is 21.9. The number of alkyl halides is 3. The number of aliphatic carboxylic acids is 2. The number of halogens is 3. The summed E-state index contributed by atoms with van der Waals surface area (Å²) in [5, 5.41) is 49.3. The number of carboxylic acids is 2. The molecular weight excluding hydrogens is 922 g/mol. The number of nitrogens with two attached hydrogens (primary N) is 2. The molecule has 1 aliphatic heterocycles. The standard InChI is InChI=1S/C46H54N8O9.C2HF3O2/c1-4-6-27-8-11-29(12-9-27)30-13-15-31(16-14-30)42(59)49-22-20-39(57)52-35(7-5-21-50-46(47)48)44(61)54(3)40-32-17-19-38(56)34(25-32)33-23-28(10-18-37(33)55)24-36(45(62)63)53-41(58)26(2)51-43(40)60;3-2(4,5)1(6)7/h8-19,23,25-26,35-36,40,55-56H,4-7,20-22,24H2,1-3H3,(H,49,59)(H,51,60)(H,52,57)(H,53,58)(H,62,63)(H4,47,48,50);(H,6,7)/t26-,35-,36-,40-;/m0./s1. The van der Waals surface area contributed by atoms with Gasteiger partial charge in [-0.3, -0.25) is 29.0 Å². The molecule has 4 bridgehead atoms. The number of carbonyl (C=O) groups excluding carboxylic acids is 5. The van der Waals surface area contributed by atoms with Gasteiger partial charge < -0.3 is 58.1 Å². The van der Waals surface area contributed by atoms with Crippen LogP contribution in [0.3, 0.4) is 0 Å². The topological polar surface area (TPSA) is 316 Å². The highest BCUT2D eigenvalue weighted by molar-refractivity contribution is 5.97. The summed E-state index contributed by atoms with van der Waals surface area (Å²) in [5.74, 6) is -8.19. The van der Waals surface area contributed by atoms with E-state index in [2.05, 4.69) is 45.3 Å². The first-order valence-electron chi connectivity index (χ1n) is 21.9. The Balaban J connectivity index is 0.00000141. The fourth-order valence-corrected chi connectivity index (χ4v) is 7.27. The van der Waals surface area contributed by atoms with E-state index in [1.165, 1.54) is 55.9 Å². The predicted octanol–water partition coefficient (Wildman–Crippen LogP) is 3.51. The molecule has 1 heterocycles. The lowest BCUT2D eigenvalue weighted by Crippen LogP contribution is -2.55. The van der Waals surface area contributed by atoms with E-state index in [0.29, 0.717) is 11.1 Å². The highest BCUT2D eigenvalue weighted by atomic mass is 19.4. The van der Waals surface area contributed by atoms with Crippen LogP contribution in [0.1, 0.15) is 72.6 Å². The first kappa shape index (κ1) is 54.4. The van der Waals surface area contributed by atoms with Crippen LogP contribution >= 0.6 is 0 Å². The van der Waals surface area contributed by atoms with Crippen molar-refractivity contribution in [2.75, 3.05) is 20.1 Å². The smallest absolute Gasteiger partial charge is 0.490 e. The predicted molar refractivity (Wildman–Crippen MR) is 250 cm³/mol. The number of nitrogens with zero attached hydrogens (tertiary/aromatic N) is 2. The van der Waals surface area contributed by atoms with Crippen molar-refractivity contribution in [2.45, 2.75) is 82.7 Å². The number of benzene rings is 4. The van der Waals surface area contributed by atoms with Crippen molar-refractivity contribution < 1.29 is 67.2 Å². The van der Waals surface area contributed by atoms with Crippen molar-refractivity contribution in [3.05, 3.63) is 107 Å². The van der Waals surface area contributed by atoms with E-state index in [0.717, 1.165) is 28.9 Å². The van der Waals surface area contributed by atoms with E-state index >= 15 is 0 Å². The number of amides is 5. The summed E-state index contributed by atoms with van der Waals surface area (Å²) < 4.78 is 31.7. The lowest BCUT2D eigenvalue weighted by atomic mass is 9.93. The van der Waals surface area contributed by atoms with Crippen molar-refractivity contribution >= 4 is 47.4 Å². The third-order valence-electron chi connectivity index (χ3n) is 10.9. The molecule has 5 rings (SSSR count). The van der Waals surface area contributed by atoms with Gasteiger partial charge in [-0.25, -0.2) is 9.59 Å². The normalized spacial score (nSPS) is 16.1. The largest absolute Gasteiger partial charge is 0.507 e. The number of nitrogens with one attached hydrogen (secondary N) is 4. The molecule has 0 unspecified atom stereocenters. The molecule has 19 nitrogen and oxygen atoms in total. The maximum absolute atomic E-state index is 14.4. The van der Waals surface area contributed by atoms with Crippen LogP contribution < -0.4 is 32.7 Å². The van der Waals surface area contributed by atoms with Crippen molar-refractivity contribution in [2.24, 2.45) is 16.5 Å². The van der Waals surface area contributed by atoms with E-state index in [1.807, 2.05) is 24.3 Å². The van der Waals surface area contributed by atoms with Gasteiger partial charge in [-0.1, -0.05) is 61.9 Å². The fourth-order valence-electron chi connectivity index (χ4n) is 7.27. The zero-order chi connectivity index (χ0) is 51.9. The number of hydrogen-bond acceptors (Lipinski definition) is 10. The van der Waals surface area contributed by atoms with E-state index in [4.69, 9.17) is 21.4 Å². The molecule has 4 aromatic rings. The number of aliphatic imine (C=N–C) groups is 1. The second-order valence-corrected chi connectivity index (χ2v) is 16.2. The maximum Gasteiger partial charge on any atom is 0.490 e. The third kappa shape index (κ3) is 15.4. The molecule has 0 radical (unpaired) electrons. The Kier molecular flexibility index (Phi) is 19.2. The Morgan fingerprint density at radius 3 is 2.01 bits per heavy atom. The van der Waals surface area contributed by atoms with Crippen LogP contribution in [0, 0.1) is 0 Å². The Bertz CT molecular complexity index is 2570. The minimum absolute atomic E-state index is 0.0248. The number of carboxylic acid groups (broad SMARTS) is 2. The van der Waals surface area contributed by atoms with E-state index in [-0.39, 0.29) is 72.9 Å². The molecule has 4 atom stereocenters. The molecule has 0 saturated heterocycles. The summed E-state index contributed by atoms with van der Waals surface area (Å²) in [5.41, 5.74) is 15.4. The highest BCUT2D eigenvalue weighted by Gasteiger charge is 2.38. The van der Waals surface area contributed by atoms with Gasteiger partial charge >= 0.3 is 18.1 Å². The van der Waals surface area contributed by atoms with Crippen LogP contribution in [0.25, 0.3) is 22.3 Å². The average molecular weight is 977 g/mol. The van der Waals surface area contributed by atoms with Crippen molar-refractivity contribution in [3.63, 3.8) is 0 Å². The number of aryl methyl sites for hydroxylation is 1. The van der Waals surface area contributed by atoms with Gasteiger partial charge in [0.2, 0.25) is 23.6 Å². The first-order chi connectivity index (χ1) is 33.0. The lowest BCUT2D eigenvalue weighted by Gasteiger charge is -2.32. The second-order valence-electron chi connectivity index (χ2n) is 16.2. The molecule has 70 heavy (non-hydrogen) atoms. The summed E-state index contributed by atoms with van der Waals surface area (Å²) >= 11 is 0. The van der Waals surface area contributed by atoms with E-state index < -0.39 is 71.8 Å². The van der Waals surface area contributed by atoms with Gasteiger partial charge in [-0.15, -0.1) is 0 Å². The number of guanidine groups is 1. The molecule has 22 heteroatoms. The maximum atomic E-state index is 14.4. The van der Waals surface area contributed by atoms with Crippen molar-refractivity contribution in [3.8, 4) is 33.8 Å². The van der Waals surface area contributed by atoms with E-state index in [1.54, 1.807) is 12.1 Å². The molecule has 1 aliphatic rings. The molecule has 5 amide bonds. The SMILES string of the molecule is CCCc1ccc(-c2ccc(C(=O)NCCC(=O)N[C@@H](CCCN=C(N)N)C(=O)N(C)[C@@H]3C(=O)N[C@@H](C)C(=O)N[C@H](C(=O)O)Cc4ccc(O)c(c4)-c4cc3ccc4O)cc2)cc1.O=C(O)C(F)(F)F. The summed E-state index contributed by atoms with van der Waals surface area (Å²) in [6, 6.07) is 18.3. The molecule has 0 saturated carbocycles. The van der Waals surface area contributed by atoms with Gasteiger partial charge in [-0.05, 0) is 90.4 Å². The zero-order valence-electron chi connectivity index (χ0n) is 38.4. The van der Waals surface area contributed by atoms with E-state index in [9.17, 15) is 57.3 Å². The van der Waals surface area contributed by atoms with Crippen molar-refractivity contribution in [1.82, 2.24) is 26.2 Å². The molecule has 0 aliphatic carbocycles. The van der Waals surface area contributed by atoms with Gasteiger partial charge in [0, 0.05) is 49.7 Å². The van der Waals surface area contributed by atoms with Gasteiger partial charge in [0.25, 0.3) is 5.91 Å². The Labute approximate surface area is 400 Å². The number of aromatic hydroxyl groups is 2. The molecule has 374 valence electrons. The Morgan fingerprint density at radius 1 is 0.857 bits per heavy atom. The molecule has 4 aromatic carbocycles. The Morgan fingerprint density at radius 2 is 1.44 bits per heavy atom. The van der Waals surface area contributed by atoms with Crippen LogP contribution in [0.4, 0.5) is 13.2 Å². The monoisotopic (exact) mass is 976 g/mol. The zero-order valence-corrected chi connectivity index (χ0v) is 38.4. The quantitative estimate of drug-likeness (QED) is 0.0464. The number of phenols is 2. The summed E-state index contributed by atoms with van der Waals surface area (Å²) in [6.45, 7) is 3.53. The molecule has 0 aromatic heterocycles. The number of rotatable bonds is 15. The van der Waals surface area contributed by atoms with Gasteiger partial charge in [0.15, 0.2) is 5.96 Å². The number of phenolic OH excluding ortho intramolecular Hbond substituents is 2. The van der Waals surface area contributed by atoms with Crippen LogP contribution in [0.2, 0.25) is 0 Å². The molecular formula is C48H55F3N8O11. The van der Waals surface area contributed by atoms with Crippen LogP contribution in [0.15, 0.2) is 89.9 Å². The van der Waals surface area contributed by atoms with Crippen LogP contribution in [-0.4, -0.2) is 117 Å². The van der Waals surface area contributed by atoms with Gasteiger partial charge in [0.05, 0.1) is 0 Å². The highest BCUT2D eigenvalue weighted by Crippen LogP contribution is 2.39. The summed E-state index contributed by atoms with van der Waals surface area (Å²) in [6.07, 6.45) is -3.16. The lowest BCUT2D eigenvalue weighted by molar-refractivity contribution is -0.192. The van der Waals surface area contributed by atoms with Gasteiger partial charge in [0.1, 0.15) is 35.7 Å². The minimum atomic E-state index is -5.08. The third-order valence-corrected chi connectivity index (χ3v) is 10.9. The summed E-state index contributed by atoms with van der Waals surface area (Å²) in [4.78, 5) is 94.4. The molecule has 12 N–H and O–H groups in total. The fraction of sp³-hybridized carbons (Fsp3) is 0.333. The molecule has 0 fully saturated rings. The van der Waals surface area contributed by atoms with Crippen LogP contribution in [-0.2, 0) is 41.6 Å². The molecule has 0 spiro atoms. The number of hydrogen-bond donors (Lipinski definition) is 10. The van der Waals surface area contributed by atoms with Crippen molar-refractivity contribution in [1.29, 1.82) is 0 Å². The average Bonchev–Trinajstić information content (AvgIpc) is 3.30. The second kappa shape index (κ2) is 24.7. The van der Waals surface area contributed by atoms with Crippen LogP contribution in [0.5, 0.6) is 11.5 Å². The summed E-state index contributed by atoms with van der Waals surface area (Å²) in [7, 11) is 1.33. The number of carbonyl (C=O) groups is 7. The minimum Gasteiger partial charge on any atom is -0.507 e.